The standard InChI is InChI=1S/C20H20FN5O3S/c1-13(27)26-30(3,28)11-14-5-4-6-16(9-14)24-20-23-12-22-19(25-20)17-8-7-15(21)10-18(17)29-2/h4-10,12H,11H2,1-3H3,(H,22,23,24,25). The fourth-order valence-electron chi connectivity index (χ4n) is 2.82. The largest absolute Gasteiger partial charge is 0.496 e. The number of carbonyl (C=O) groups is 1. The molecule has 3 rings (SSSR count). The van der Waals surface area contributed by atoms with E-state index >= 15 is 0 Å². The van der Waals surface area contributed by atoms with Crippen LogP contribution in [0.15, 0.2) is 53.2 Å². The van der Waals surface area contributed by atoms with E-state index in [1.807, 2.05) is 0 Å². The zero-order chi connectivity index (χ0) is 21.7. The molecule has 0 saturated heterocycles. The normalized spacial score (nSPS) is 12.7. The number of ether oxygens (including phenoxy) is 1. The van der Waals surface area contributed by atoms with Crippen molar-refractivity contribution < 1.29 is 18.1 Å². The van der Waals surface area contributed by atoms with Crippen LogP contribution in [0.25, 0.3) is 11.4 Å². The van der Waals surface area contributed by atoms with Crippen molar-refractivity contribution in [3.63, 3.8) is 0 Å². The van der Waals surface area contributed by atoms with Crippen molar-refractivity contribution in [2.24, 2.45) is 4.36 Å². The Morgan fingerprint density at radius 1 is 1.23 bits per heavy atom. The molecule has 0 radical (unpaired) electrons. The summed E-state index contributed by atoms with van der Waals surface area (Å²) in [4.78, 5) is 23.8. The number of nitrogens with one attached hydrogen (secondary N) is 1. The molecule has 0 saturated carbocycles. The molecule has 0 aliphatic rings. The van der Waals surface area contributed by atoms with Gasteiger partial charge in [-0.15, -0.1) is 0 Å². The van der Waals surface area contributed by atoms with Gasteiger partial charge >= 0.3 is 0 Å². The Morgan fingerprint density at radius 2 is 2.03 bits per heavy atom. The van der Waals surface area contributed by atoms with Crippen molar-refractivity contribution in [2.75, 3.05) is 18.7 Å². The fourth-order valence-corrected chi connectivity index (χ4v) is 4.22. The molecule has 1 amide bonds. The van der Waals surface area contributed by atoms with Crippen LogP contribution in [0, 0.1) is 5.82 Å². The number of anilines is 2. The predicted octanol–water partition coefficient (Wildman–Crippen LogP) is 3.57. The van der Waals surface area contributed by atoms with E-state index in [1.54, 1.807) is 24.3 Å². The molecular weight excluding hydrogens is 409 g/mol. The molecule has 0 aliphatic heterocycles. The Labute approximate surface area is 173 Å². The number of amides is 1. The van der Waals surface area contributed by atoms with Gasteiger partial charge in [0.15, 0.2) is 5.82 Å². The maximum atomic E-state index is 13.5. The van der Waals surface area contributed by atoms with Gasteiger partial charge < -0.3 is 10.1 Å². The molecule has 0 spiro atoms. The van der Waals surface area contributed by atoms with Gasteiger partial charge in [-0.1, -0.05) is 12.1 Å². The second-order valence-electron chi connectivity index (χ2n) is 6.52. The Bertz CT molecular complexity index is 1210. The number of benzene rings is 2. The monoisotopic (exact) mass is 429 g/mol. The van der Waals surface area contributed by atoms with Crippen molar-refractivity contribution >= 4 is 27.3 Å². The first kappa shape index (κ1) is 21.3. The number of hydrogen-bond acceptors (Lipinski definition) is 7. The number of methoxy groups -OCH3 is 1. The van der Waals surface area contributed by atoms with E-state index in [4.69, 9.17) is 4.74 Å². The molecule has 1 N–H and O–H groups in total. The Balaban J connectivity index is 1.86. The van der Waals surface area contributed by atoms with E-state index < -0.39 is 21.5 Å². The number of carbonyl (C=O) groups excluding carboxylic acids is 1. The van der Waals surface area contributed by atoms with Crippen molar-refractivity contribution in [3.05, 3.63) is 60.2 Å². The number of halogens is 1. The summed E-state index contributed by atoms with van der Waals surface area (Å²) in [6, 6.07) is 11.2. The Kier molecular flexibility index (Phi) is 6.36. The highest BCUT2D eigenvalue weighted by Gasteiger charge is 2.12. The summed E-state index contributed by atoms with van der Waals surface area (Å²) in [6.07, 6.45) is 2.78. The SMILES string of the molecule is COc1cc(F)ccc1-c1ncnc(Nc2cccc(CS(C)(=O)=NC(C)=O)c2)n1. The zero-order valence-electron chi connectivity index (χ0n) is 16.6. The molecule has 2 aromatic carbocycles. The Hall–Kier alpha value is -3.40. The maximum absolute atomic E-state index is 13.5. The molecular formula is C20H20FN5O3S. The first-order valence-corrected chi connectivity index (χ1v) is 10.9. The van der Waals surface area contributed by atoms with E-state index in [1.165, 1.54) is 44.8 Å². The minimum Gasteiger partial charge on any atom is -0.496 e. The van der Waals surface area contributed by atoms with Gasteiger partial charge in [-0.3, -0.25) is 4.79 Å². The molecule has 1 atom stereocenters. The highest BCUT2D eigenvalue weighted by molar-refractivity contribution is 7.92. The first-order chi connectivity index (χ1) is 14.3. The lowest BCUT2D eigenvalue weighted by atomic mass is 10.2. The number of aromatic nitrogens is 3. The maximum Gasteiger partial charge on any atom is 0.250 e. The van der Waals surface area contributed by atoms with Crippen LogP contribution in [-0.2, 0) is 20.3 Å². The highest BCUT2D eigenvalue weighted by Crippen LogP contribution is 2.28. The molecule has 0 aliphatic carbocycles. The number of rotatable bonds is 6. The predicted molar refractivity (Wildman–Crippen MR) is 112 cm³/mol. The molecule has 1 unspecified atom stereocenters. The van der Waals surface area contributed by atoms with Gasteiger partial charge in [0.25, 0.3) is 5.91 Å². The third kappa shape index (κ3) is 5.57. The summed E-state index contributed by atoms with van der Waals surface area (Å²) in [5.41, 5.74) is 1.93. The van der Waals surface area contributed by atoms with Crippen LogP contribution in [0.4, 0.5) is 16.0 Å². The third-order valence-electron chi connectivity index (χ3n) is 3.92. The fraction of sp³-hybridized carbons (Fsp3) is 0.200. The van der Waals surface area contributed by atoms with Gasteiger partial charge in [0.2, 0.25) is 5.95 Å². The lowest BCUT2D eigenvalue weighted by molar-refractivity contribution is -0.115. The molecule has 8 nitrogen and oxygen atoms in total. The van der Waals surface area contributed by atoms with E-state index in [-0.39, 0.29) is 11.7 Å². The molecule has 1 aromatic heterocycles. The first-order valence-electron chi connectivity index (χ1n) is 8.85. The second-order valence-corrected chi connectivity index (χ2v) is 8.91. The number of nitrogens with zero attached hydrogens (tertiary/aromatic N) is 4. The molecule has 30 heavy (non-hydrogen) atoms. The zero-order valence-corrected chi connectivity index (χ0v) is 17.4. The summed E-state index contributed by atoms with van der Waals surface area (Å²) in [7, 11) is -1.23. The minimum atomic E-state index is -2.67. The molecule has 0 fully saturated rings. The smallest absolute Gasteiger partial charge is 0.250 e. The molecule has 1 heterocycles. The van der Waals surface area contributed by atoms with Gasteiger partial charge in [0, 0.05) is 24.9 Å². The van der Waals surface area contributed by atoms with Crippen molar-refractivity contribution in [3.8, 4) is 17.1 Å². The Morgan fingerprint density at radius 3 is 2.77 bits per heavy atom. The summed E-state index contributed by atoms with van der Waals surface area (Å²) < 4.78 is 34.8. The number of hydrogen-bond donors (Lipinski definition) is 1. The third-order valence-corrected chi connectivity index (χ3v) is 5.43. The van der Waals surface area contributed by atoms with Gasteiger partial charge in [-0.05, 0) is 29.8 Å². The highest BCUT2D eigenvalue weighted by atomic mass is 32.2. The van der Waals surface area contributed by atoms with E-state index in [2.05, 4.69) is 24.6 Å². The van der Waals surface area contributed by atoms with Crippen molar-refractivity contribution in [1.29, 1.82) is 0 Å². The average Bonchev–Trinajstić information content (AvgIpc) is 2.67. The van der Waals surface area contributed by atoms with Crippen LogP contribution < -0.4 is 10.1 Å². The lowest BCUT2D eigenvalue weighted by Crippen LogP contribution is -2.05. The van der Waals surface area contributed by atoms with Crippen molar-refractivity contribution in [2.45, 2.75) is 12.7 Å². The van der Waals surface area contributed by atoms with Crippen LogP contribution in [0.3, 0.4) is 0 Å². The van der Waals surface area contributed by atoms with E-state index in [0.717, 1.165) is 5.56 Å². The van der Waals surface area contributed by atoms with Crippen LogP contribution in [0.5, 0.6) is 5.75 Å². The lowest BCUT2D eigenvalue weighted by Gasteiger charge is -2.10. The van der Waals surface area contributed by atoms with Crippen molar-refractivity contribution in [1.82, 2.24) is 15.0 Å². The van der Waals surface area contributed by atoms with Crippen LogP contribution >= 0.6 is 0 Å². The van der Waals surface area contributed by atoms with Crippen LogP contribution in [-0.4, -0.2) is 38.4 Å². The summed E-state index contributed by atoms with van der Waals surface area (Å²) in [5.74, 6) is 0.138. The molecule has 156 valence electrons. The average molecular weight is 429 g/mol. The molecule has 10 heteroatoms. The van der Waals surface area contributed by atoms with Crippen LogP contribution in [0.2, 0.25) is 0 Å². The molecule has 0 bridgehead atoms. The summed E-state index contributed by atoms with van der Waals surface area (Å²) >= 11 is 0. The topological polar surface area (TPSA) is 106 Å². The summed E-state index contributed by atoms with van der Waals surface area (Å²) in [5, 5.41) is 3.06. The van der Waals surface area contributed by atoms with Gasteiger partial charge in [-0.25, -0.2) is 18.6 Å². The van der Waals surface area contributed by atoms with Gasteiger partial charge in [0.05, 0.1) is 28.2 Å². The van der Waals surface area contributed by atoms with E-state index in [9.17, 15) is 13.4 Å². The summed E-state index contributed by atoms with van der Waals surface area (Å²) in [6.45, 7) is 1.27. The molecule has 3 aromatic rings. The minimum absolute atomic E-state index is 0.136. The van der Waals surface area contributed by atoms with Gasteiger partial charge in [0.1, 0.15) is 17.9 Å². The van der Waals surface area contributed by atoms with Gasteiger partial charge in [-0.2, -0.15) is 9.35 Å². The van der Waals surface area contributed by atoms with Crippen LogP contribution in [0.1, 0.15) is 12.5 Å². The second kappa shape index (κ2) is 8.95. The quantitative estimate of drug-likeness (QED) is 0.638. The van der Waals surface area contributed by atoms with E-state index in [0.29, 0.717) is 22.8 Å².